The van der Waals surface area contributed by atoms with Crippen molar-refractivity contribution in [1.82, 2.24) is 0 Å². The molecule has 18 heavy (non-hydrogen) atoms. The third-order valence-corrected chi connectivity index (χ3v) is 4.21. The molecule has 0 heterocycles. The molecule has 1 aliphatic rings. The minimum atomic E-state index is 0.182. The van der Waals surface area contributed by atoms with Crippen molar-refractivity contribution in [3.05, 3.63) is 29.3 Å². The summed E-state index contributed by atoms with van der Waals surface area (Å²) in [6.07, 6.45) is 2.43. The summed E-state index contributed by atoms with van der Waals surface area (Å²) in [6.45, 7) is 7.11. The van der Waals surface area contributed by atoms with Crippen LogP contribution in [0.3, 0.4) is 0 Å². The van der Waals surface area contributed by atoms with Crippen molar-refractivity contribution in [2.45, 2.75) is 50.6 Å². The van der Waals surface area contributed by atoms with Crippen LogP contribution in [0.5, 0.6) is 5.75 Å². The van der Waals surface area contributed by atoms with Crippen LogP contribution in [0.2, 0.25) is 0 Å². The van der Waals surface area contributed by atoms with E-state index in [1.165, 1.54) is 11.1 Å². The summed E-state index contributed by atoms with van der Waals surface area (Å²) >= 11 is 3.64. The fraction of sp³-hybridized carbons (Fsp3) is 0.600. The number of ether oxygens (including phenoxy) is 2. The Bertz CT molecular complexity index is 405. The maximum absolute atomic E-state index is 6.09. The Morgan fingerprint density at radius 1 is 1.33 bits per heavy atom. The Morgan fingerprint density at radius 2 is 2.11 bits per heavy atom. The zero-order chi connectivity index (χ0) is 13.1. The van der Waals surface area contributed by atoms with Gasteiger partial charge in [-0.25, -0.2) is 0 Å². The van der Waals surface area contributed by atoms with Crippen LogP contribution in [0.4, 0.5) is 0 Å². The summed E-state index contributed by atoms with van der Waals surface area (Å²) in [4.78, 5) is 0.430. The third kappa shape index (κ3) is 3.07. The Balaban J connectivity index is 1.98. The van der Waals surface area contributed by atoms with Gasteiger partial charge in [0.05, 0.1) is 0 Å². The van der Waals surface area contributed by atoms with Crippen LogP contribution in [0.25, 0.3) is 0 Å². The number of alkyl halides is 1. The fourth-order valence-corrected chi connectivity index (χ4v) is 2.97. The maximum atomic E-state index is 6.09. The molecule has 2 rings (SSSR count). The highest BCUT2D eigenvalue weighted by molar-refractivity contribution is 9.09. The largest absolute Gasteiger partial charge is 0.487 e. The minimum Gasteiger partial charge on any atom is -0.487 e. The van der Waals surface area contributed by atoms with Crippen molar-refractivity contribution in [3.8, 4) is 5.75 Å². The zero-order valence-corrected chi connectivity index (χ0v) is 12.9. The smallest absolute Gasteiger partial charge is 0.127 e. The molecule has 3 heteroatoms. The van der Waals surface area contributed by atoms with Crippen molar-refractivity contribution in [2.75, 3.05) is 6.61 Å². The summed E-state index contributed by atoms with van der Waals surface area (Å²) in [5.41, 5.74) is 2.42. The average Bonchev–Trinajstić information content (AvgIpc) is 2.33. The summed E-state index contributed by atoms with van der Waals surface area (Å²) in [5, 5.41) is 0. The predicted molar refractivity (Wildman–Crippen MR) is 77.7 cm³/mol. The van der Waals surface area contributed by atoms with E-state index < -0.39 is 0 Å². The molecule has 0 saturated heterocycles. The van der Waals surface area contributed by atoms with Crippen molar-refractivity contribution in [2.24, 2.45) is 0 Å². The molecule has 1 aromatic carbocycles. The van der Waals surface area contributed by atoms with E-state index in [-0.39, 0.29) is 12.2 Å². The highest BCUT2D eigenvalue weighted by Crippen LogP contribution is 2.35. The van der Waals surface area contributed by atoms with E-state index in [1.807, 2.05) is 0 Å². The summed E-state index contributed by atoms with van der Waals surface area (Å²) in [6, 6.07) is 6.33. The number of aryl methyl sites for hydroxylation is 2. The van der Waals surface area contributed by atoms with Gasteiger partial charge in [-0.05, 0) is 37.5 Å². The molecule has 1 saturated carbocycles. The molecule has 0 amide bonds. The van der Waals surface area contributed by atoms with Gasteiger partial charge in [0.15, 0.2) is 0 Å². The van der Waals surface area contributed by atoms with Crippen LogP contribution in [0, 0.1) is 13.8 Å². The van der Waals surface area contributed by atoms with Crippen molar-refractivity contribution >= 4 is 15.9 Å². The van der Waals surface area contributed by atoms with Crippen molar-refractivity contribution in [3.63, 3.8) is 0 Å². The molecule has 100 valence electrons. The fourth-order valence-electron chi connectivity index (χ4n) is 2.11. The lowest BCUT2D eigenvalue weighted by Gasteiger charge is -2.41. The molecule has 0 N–H and O–H groups in total. The number of hydrogen-bond acceptors (Lipinski definition) is 2. The predicted octanol–water partition coefficient (Wildman–Crippen LogP) is 4.01. The SMILES string of the molecule is CCCOC1C(Br)CC1Oc1cc(C)ccc1C. The van der Waals surface area contributed by atoms with Crippen LogP contribution < -0.4 is 4.74 Å². The molecule has 1 fully saturated rings. The van der Waals surface area contributed by atoms with Gasteiger partial charge in [-0.2, -0.15) is 0 Å². The molecule has 0 aliphatic heterocycles. The molecule has 0 bridgehead atoms. The first-order chi connectivity index (χ1) is 8.61. The zero-order valence-electron chi connectivity index (χ0n) is 11.3. The van der Waals surface area contributed by atoms with Gasteiger partial charge in [0.1, 0.15) is 18.0 Å². The van der Waals surface area contributed by atoms with Crippen LogP contribution in [0.1, 0.15) is 30.9 Å². The minimum absolute atomic E-state index is 0.182. The van der Waals surface area contributed by atoms with Crippen LogP contribution >= 0.6 is 15.9 Å². The molecule has 1 aliphatic carbocycles. The Kier molecular flexibility index (Phi) is 4.68. The average molecular weight is 313 g/mol. The topological polar surface area (TPSA) is 18.5 Å². The first kappa shape index (κ1) is 13.9. The van der Waals surface area contributed by atoms with Gasteiger partial charge in [-0.3, -0.25) is 0 Å². The second-order valence-corrected chi connectivity index (χ2v) is 6.19. The van der Waals surface area contributed by atoms with E-state index in [0.29, 0.717) is 4.83 Å². The van der Waals surface area contributed by atoms with Crippen molar-refractivity contribution < 1.29 is 9.47 Å². The molecular weight excluding hydrogens is 292 g/mol. The van der Waals surface area contributed by atoms with Crippen LogP contribution in [0.15, 0.2) is 18.2 Å². The maximum Gasteiger partial charge on any atom is 0.127 e. The second kappa shape index (κ2) is 6.07. The van der Waals surface area contributed by atoms with Gasteiger partial charge in [0.25, 0.3) is 0 Å². The Labute approximate surface area is 118 Å². The van der Waals surface area contributed by atoms with Gasteiger partial charge >= 0.3 is 0 Å². The lowest BCUT2D eigenvalue weighted by atomic mass is 9.91. The Morgan fingerprint density at radius 3 is 2.78 bits per heavy atom. The molecule has 0 spiro atoms. The first-order valence-corrected chi connectivity index (χ1v) is 7.53. The molecule has 2 nitrogen and oxygen atoms in total. The summed E-state index contributed by atoms with van der Waals surface area (Å²) in [5.74, 6) is 0.990. The summed E-state index contributed by atoms with van der Waals surface area (Å²) < 4.78 is 11.9. The molecule has 3 unspecified atom stereocenters. The van der Waals surface area contributed by atoms with E-state index in [4.69, 9.17) is 9.47 Å². The highest BCUT2D eigenvalue weighted by atomic mass is 79.9. The van der Waals surface area contributed by atoms with E-state index >= 15 is 0 Å². The van der Waals surface area contributed by atoms with Gasteiger partial charge in [0.2, 0.25) is 0 Å². The van der Waals surface area contributed by atoms with E-state index in [0.717, 1.165) is 25.2 Å². The molecule has 0 aromatic heterocycles. The van der Waals surface area contributed by atoms with E-state index in [1.54, 1.807) is 0 Å². The summed E-state index contributed by atoms with van der Waals surface area (Å²) in [7, 11) is 0. The monoisotopic (exact) mass is 312 g/mol. The third-order valence-electron chi connectivity index (χ3n) is 3.32. The van der Waals surface area contributed by atoms with Gasteiger partial charge in [-0.15, -0.1) is 0 Å². The Hall–Kier alpha value is -0.540. The number of halogens is 1. The number of rotatable bonds is 5. The van der Waals surface area contributed by atoms with Crippen LogP contribution in [-0.2, 0) is 4.74 Å². The number of benzene rings is 1. The van der Waals surface area contributed by atoms with Gasteiger partial charge in [-0.1, -0.05) is 35.0 Å². The quantitative estimate of drug-likeness (QED) is 0.765. The lowest BCUT2D eigenvalue weighted by molar-refractivity contribution is -0.0764. The molecular formula is C15H21BrO2. The van der Waals surface area contributed by atoms with E-state index in [2.05, 4.69) is 54.9 Å². The molecule has 3 atom stereocenters. The first-order valence-electron chi connectivity index (χ1n) is 6.61. The normalized spacial score (nSPS) is 26.8. The molecule has 0 radical (unpaired) electrons. The van der Waals surface area contributed by atoms with E-state index in [9.17, 15) is 0 Å². The van der Waals surface area contributed by atoms with Gasteiger partial charge in [0, 0.05) is 17.9 Å². The van der Waals surface area contributed by atoms with Crippen molar-refractivity contribution in [1.29, 1.82) is 0 Å². The standard InChI is InChI=1S/C15H21BrO2/c1-4-7-17-15-12(16)9-14(15)18-13-8-10(2)5-6-11(13)3/h5-6,8,12,14-15H,4,7,9H2,1-3H3. The number of hydrogen-bond donors (Lipinski definition) is 0. The second-order valence-electron chi connectivity index (χ2n) is 5.01. The highest BCUT2D eigenvalue weighted by Gasteiger charge is 2.42. The van der Waals surface area contributed by atoms with Gasteiger partial charge < -0.3 is 9.47 Å². The van der Waals surface area contributed by atoms with Crippen LogP contribution in [-0.4, -0.2) is 23.6 Å². The lowest BCUT2D eigenvalue weighted by Crippen LogP contribution is -2.52. The molecule has 1 aromatic rings.